The van der Waals surface area contributed by atoms with Gasteiger partial charge >= 0.3 is 0 Å². The van der Waals surface area contributed by atoms with Gasteiger partial charge in [0.1, 0.15) is 18.4 Å². The Morgan fingerprint density at radius 2 is 2.17 bits per heavy atom. The third-order valence-electron chi connectivity index (χ3n) is 1.36. The second kappa shape index (κ2) is 4.37. The molecule has 1 aromatic carbocycles. The topological polar surface area (TPSA) is 53.2 Å². The monoisotopic (exact) mass is 163 g/mol. The largest absolute Gasteiger partial charge is 0.490 e. The van der Waals surface area contributed by atoms with Crippen LogP contribution in [0.5, 0.6) is 5.75 Å². The first kappa shape index (κ1) is 8.57. The molecule has 12 heavy (non-hydrogen) atoms. The second-order valence-corrected chi connectivity index (χ2v) is 2.18. The van der Waals surface area contributed by atoms with E-state index in [1.165, 1.54) is 0 Å². The van der Waals surface area contributed by atoms with Gasteiger partial charge in [-0.1, -0.05) is 12.1 Å². The maximum Gasteiger partial charge on any atom is 0.137 e. The van der Waals surface area contributed by atoms with Crippen molar-refractivity contribution >= 4 is 0 Å². The standard InChI is InChI=1S/C9H9NO2/c10-7-8-3-1-2-4-9(8)12-6-5-11/h1-4,11H,5-6H2. The number of para-hydroxylation sites is 1. The van der Waals surface area contributed by atoms with Gasteiger partial charge < -0.3 is 9.84 Å². The quantitative estimate of drug-likeness (QED) is 0.721. The molecule has 0 unspecified atom stereocenters. The fourth-order valence-electron chi connectivity index (χ4n) is 0.840. The van der Waals surface area contributed by atoms with E-state index >= 15 is 0 Å². The average Bonchev–Trinajstić information content (AvgIpc) is 2.15. The Kier molecular flexibility index (Phi) is 3.12. The molecule has 0 atom stereocenters. The van der Waals surface area contributed by atoms with Gasteiger partial charge in [-0.05, 0) is 12.1 Å². The van der Waals surface area contributed by atoms with E-state index in [-0.39, 0.29) is 13.2 Å². The van der Waals surface area contributed by atoms with Crippen molar-refractivity contribution in [1.82, 2.24) is 0 Å². The highest BCUT2D eigenvalue weighted by atomic mass is 16.5. The van der Waals surface area contributed by atoms with Crippen LogP contribution in [0.3, 0.4) is 0 Å². The Morgan fingerprint density at radius 3 is 2.83 bits per heavy atom. The summed E-state index contributed by atoms with van der Waals surface area (Å²) in [5, 5.41) is 17.1. The number of rotatable bonds is 3. The number of nitrogens with zero attached hydrogens (tertiary/aromatic N) is 1. The predicted octanol–water partition coefficient (Wildman–Crippen LogP) is 0.929. The van der Waals surface area contributed by atoms with Crippen molar-refractivity contribution < 1.29 is 9.84 Å². The predicted molar refractivity (Wildman–Crippen MR) is 43.7 cm³/mol. The fourth-order valence-corrected chi connectivity index (χ4v) is 0.840. The fraction of sp³-hybridized carbons (Fsp3) is 0.222. The maximum atomic E-state index is 8.63. The lowest BCUT2D eigenvalue weighted by atomic mass is 10.2. The van der Waals surface area contributed by atoms with Crippen molar-refractivity contribution in [2.75, 3.05) is 13.2 Å². The Bertz CT molecular complexity index is 291. The van der Waals surface area contributed by atoms with Crippen molar-refractivity contribution in [3.63, 3.8) is 0 Å². The summed E-state index contributed by atoms with van der Waals surface area (Å²) >= 11 is 0. The number of aliphatic hydroxyl groups is 1. The summed E-state index contributed by atoms with van der Waals surface area (Å²) in [5.41, 5.74) is 0.492. The van der Waals surface area contributed by atoms with E-state index in [4.69, 9.17) is 15.1 Å². The van der Waals surface area contributed by atoms with E-state index < -0.39 is 0 Å². The zero-order chi connectivity index (χ0) is 8.81. The van der Waals surface area contributed by atoms with Crippen molar-refractivity contribution in [2.24, 2.45) is 0 Å². The molecule has 62 valence electrons. The molecule has 0 aliphatic carbocycles. The number of nitriles is 1. The highest BCUT2D eigenvalue weighted by Gasteiger charge is 1.99. The molecular weight excluding hydrogens is 154 g/mol. The van der Waals surface area contributed by atoms with Gasteiger partial charge in [0.05, 0.1) is 12.2 Å². The number of aliphatic hydroxyl groups excluding tert-OH is 1. The Labute approximate surface area is 70.8 Å². The van der Waals surface area contributed by atoms with Crippen LogP contribution in [0, 0.1) is 11.3 Å². The molecule has 0 spiro atoms. The van der Waals surface area contributed by atoms with Crippen molar-refractivity contribution in [2.45, 2.75) is 0 Å². The summed E-state index contributed by atoms with van der Waals surface area (Å²) in [6, 6.07) is 8.93. The minimum absolute atomic E-state index is 0.0419. The minimum Gasteiger partial charge on any atom is -0.490 e. The molecule has 0 saturated carbocycles. The van der Waals surface area contributed by atoms with E-state index in [2.05, 4.69) is 0 Å². The van der Waals surface area contributed by atoms with E-state index in [1.54, 1.807) is 24.3 Å². The van der Waals surface area contributed by atoms with Crippen LogP contribution in [0.2, 0.25) is 0 Å². The van der Waals surface area contributed by atoms with Crippen LogP contribution < -0.4 is 4.74 Å². The van der Waals surface area contributed by atoms with Gasteiger partial charge in [0, 0.05) is 0 Å². The molecule has 0 aliphatic rings. The third kappa shape index (κ3) is 1.97. The normalized spacial score (nSPS) is 9.00. The molecule has 0 aromatic heterocycles. The lowest BCUT2D eigenvalue weighted by Crippen LogP contribution is -2.02. The molecule has 1 N–H and O–H groups in total. The molecule has 0 amide bonds. The molecule has 3 nitrogen and oxygen atoms in total. The van der Waals surface area contributed by atoms with Crippen molar-refractivity contribution in [3.8, 4) is 11.8 Å². The van der Waals surface area contributed by atoms with Gasteiger partial charge in [-0.2, -0.15) is 5.26 Å². The first-order valence-corrected chi connectivity index (χ1v) is 3.61. The van der Waals surface area contributed by atoms with Crippen molar-refractivity contribution in [1.29, 1.82) is 5.26 Å². The first-order chi connectivity index (χ1) is 5.88. The first-order valence-electron chi connectivity index (χ1n) is 3.61. The molecule has 1 aromatic rings. The highest BCUT2D eigenvalue weighted by Crippen LogP contribution is 2.15. The zero-order valence-corrected chi connectivity index (χ0v) is 6.53. The van der Waals surface area contributed by atoms with E-state index in [0.717, 1.165) is 0 Å². The van der Waals surface area contributed by atoms with Crippen LogP contribution in [-0.2, 0) is 0 Å². The number of hydrogen-bond donors (Lipinski definition) is 1. The summed E-state index contributed by atoms with van der Waals surface area (Å²) in [5.74, 6) is 0.522. The molecular formula is C9H9NO2. The summed E-state index contributed by atoms with van der Waals surface area (Å²) in [4.78, 5) is 0. The van der Waals surface area contributed by atoms with E-state index in [1.807, 2.05) is 6.07 Å². The van der Waals surface area contributed by atoms with Gasteiger partial charge in [0.2, 0.25) is 0 Å². The third-order valence-corrected chi connectivity index (χ3v) is 1.36. The van der Waals surface area contributed by atoms with Crippen LogP contribution >= 0.6 is 0 Å². The summed E-state index contributed by atoms with van der Waals surface area (Å²) in [6.45, 7) is 0.179. The van der Waals surface area contributed by atoms with Gasteiger partial charge in [-0.25, -0.2) is 0 Å². The lowest BCUT2D eigenvalue weighted by Gasteiger charge is -2.04. The van der Waals surface area contributed by atoms with E-state index in [9.17, 15) is 0 Å². The number of ether oxygens (including phenoxy) is 1. The average molecular weight is 163 g/mol. The van der Waals surface area contributed by atoms with Crippen LogP contribution in [0.25, 0.3) is 0 Å². The van der Waals surface area contributed by atoms with Crippen LogP contribution in [0.1, 0.15) is 5.56 Å². The molecule has 3 heteroatoms. The molecule has 0 bridgehead atoms. The molecule has 0 radical (unpaired) electrons. The Hall–Kier alpha value is -1.53. The molecule has 1 rings (SSSR count). The highest BCUT2D eigenvalue weighted by molar-refractivity contribution is 5.42. The summed E-state index contributed by atoms with van der Waals surface area (Å²) in [6.07, 6.45) is 0. The maximum absolute atomic E-state index is 8.63. The molecule has 0 saturated heterocycles. The Balaban J connectivity index is 2.77. The van der Waals surface area contributed by atoms with Gasteiger partial charge in [0.15, 0.2) is 0 Å². The molecule has 0 fully saturated rings. The van der Waals surface area contributed by atoms with E-state index in [0.29, 0.717) is 11.3 Å². The van der Waals surface area contributed by atoms with Gasteiger partial charge in [-0.3, -0.25) is 0 Å². The number of hydrogen-bond acceptors (Lipinski definition) is 3. The van der Waals surface area contributed by atoms with Crippen LogP contribution in [0.15, 0.2) is 24.3 Å². The molecule has 0 aliphatic heterocycles. The SMILES string of the molecule is N#Cc1ccccc1OCCO. The summed E-state index contributed by atoms with van der Waals surface area (Å²) in [7, 11) is 0. The minimum atomic E-state index is -0.0419. The zero-order valence-electron chi connectivity index (χ0n) is 6.53. The second-order valence-electron chi connectivity index (χ2n) is 2.18. The molecule has 0 heterocycles. The van der Waals surface area contributed by atoms with Crippen LogP contribution in [-0.4, -0.2) is 18.3 Å². The number of benzene rings is 1. The van der Waals surface area contributed by atoms with Gasteiger partial charge in [-0.15, -0.1) is 0 Å². The van der Waals surface area contributed by atoms with Gasteiger partial charge in [0.25, 0.3) is 0 Å². The van der Waals surface area contributed by atoms with Crippen LogP contribution in [0.4, 0.5) is 0 Å². The Morgan fingerprint density at radius 1 is 1.42 bits per heavy atom. The van der Waals surface area contributed by atoms with Crippen molar-refractivity contribution in [3.05, 3.63) is 29.8 Å². The lowest BCUT2D eigenvalue weighted by molar-refractivity contribution is 0.201. The summed E-state index contributed by atoms with van der Waals surface area (Å²) < 4.78 is 5.10. The smallest absolute Gasteiger partial charge is 0.137 e.